The van der Waals surface area contributed by atoms with Crippen molar-refractivity contribution in [2.24, 2.45) is 11.7 Å². The highest BCUT2D eigenvalue weighted by Gasteiger charge is 2.44. The Kier molecular flexibility index (Phi) is 5.26. The lowest BCUT2D eigenvalue weighted by molar-refractivity contribution is 0.0575. The van der Waals surface area contributed by atoms with Crippen molar-refractivity contribution in [3.63, 3.8) is 0 Å². The number of rotatable bonds is 6. The van der Waals surface area contributed by atoms with Crippen molar-refractivity contribution in [3.8, 4) is 0 Å². The monoisotopic (exact) mass is 226 g/mol. The molecule has 0 radical (unpaired) electrons. The Morgan fingerprint density at radius 2 is 1.62 bits per heavy atom. The Morgan fingerprint density at radius 3 is 2.00 bits per heavy atom. The van der Waals surface area contributed by atoms with Crippen molar-refractivity contribution >= 4 is 0 Å². The van der Waals surface area contributed by atoms with Crippen LogP contribution in [0.3, 0.4) is 0 Å². The van der Waals surface area contributed by atoms with Crippen LogP contribution >= 0.6 is 0 Å². The Labute approximate surface area is 102 Å². The van der Waals surface area contributed by atoms with Gasteiger partial charge in [-0.1, -0.05) is 47.0 Å². The van der Waals surface area contributed by atoms with E-state index in [1.165, 1.54) is 32.1 Å². The highest BCUT2D eigenvalue weighted by molar-refractivity contribution is 5.03. The van der Waals surface area contributed by atoms with Gasteiger partial charge in [0.25, 0.3) is 0 Å². The van der Waals surface area contributed by atoms with Crippen LogP contribution in [0.25, 0.3) is 0 Å². The Bertz CT molecular complexity index is 193. The van der Waals surface area contributed by atoms with Crippen LogP contribution in [0.1, 0.15) is 59.8 Å². The number of likely N-dealkylation sites (N-methyl/N-ethyl adjacent to an activating group) is 1. The van der Waals surface area contributed by atoms with Gasteiger partial charge in [0, 0.05) is 11.6 Å². The fraction of sp³-hybridized carbons (Fsp3) is 1.00. The molecule has 16 heavy (non-hydrogen) atoms. The highest BCUT2D eigenvalue weighted by atomic mass is 15.2. The summed E-state index contributed by atoms with van der Waals surface area (Å²) in [7, 11) is 0. The zero-order valence-electron chi connectivity index (χ0n) is 11.6. The molecule has 0 aromatic carbocycles. The molecule has 0 saturated heterocycles. The molecule has 1 aliphatic carbocycles. The van der Waals surface area contributed by atoms with E-state index >= 15 is 0 Å². The smallest absolute Gasteiger partial charge is 0.0362 e. The summed E-state index contributed by atoms with van der Waals surface area (Å²) in [5.41, 5.74) is 6.88. The van der Waals surface area contributed by atoms with Gasteiger partial charge >= 0.3 is 0 Å². The molecular formula is C14H30N2. The van der Waals surface area contributed by atoms with Crippen molar-refractivity contribution in [1.82, 2.24) is 4.90 Å². The Hall–Kier alpha value is -0.0800. The number of nitrogens with zero attached hydrogens (tertiary/aromatic N) is 1. The molecule has 1 fully saturated rings. The molecule has 0 aromatic rings. The minimum absolute atomic E-state index is 0.304. The molecule has 2 heteroatoms. The van der Waals surface area contributed by atoms with Gasteiger partial charge in [0.2, 0.25) is 0 Å². The second-order valence-electron chi connectivity index (χ2n) is 5.39. The van der Waals surface area contributed by atoms with E-state index in [-0.39, 0.29) is 0 Å². The maximum absolute atomic E-state index is 6.58. The predicted octanol–water partition coefficient (Wildman–Crippen LogP) is 3.01. The van der Waals surface area contributed by atoms with E-state index in [9.17, 15) is 0 Å². The molecule has 1 rings (SSSR count). The molecule has 2 N–H and O–H groups in total. The van der Waals surface area contributed by atoms with Gasteiger partial charge < -0.3 is 5.73 Å². The standard InChI is InChI=1S/C14H30N2/c1-5-12(4)13(15)14(10-8-9-11-14)16(6-2)7-3/h12-13H,5-11,15H2,1-4H3. The second kappa shape index (κ2) is 6.02. The lowest BCUT2D eigenvalue weighted by Crippen LogP contribution is -2.60. The number of hydrogen-bond donors (Lipinski definition) is 1. The van der Waals surface area contributed by atoms with E-state index in [1.807, 2.05) is 0 Å². The molecule has 1 saturated carbocycles. The summed E-state index contributed by atoms with van der Waals surface area (Å²) in [6.07, 6.45) is 6.53. The van der Waals surface area contributed by atoms with Crippen LogP contribution in [0.5, 0.6) is 0 Å². The van der Waals surface area contributed by atoms with E-state index in [0.717, 1.165) is 13.1 Å². The highest BCUT2D eigenvalue weighted by Crippen LogP contribution is 2.39. The average molecular weight is 226 g/mol. The van der Waals surface area contributed by atoms with Crippen LogP contribution in [0, 0.1) is 5.92 Å². The topological polar surface area (TPSA) is 29.3 Å². The summed E-state index contributed by atoms with van der Waals surface area (Å²) < 4.78 is 0. The van der Waals surface area contributed by atoms with Crippen molar-refractivity contribution in [2.75, 3.05) is 13.1 Å². The third-order valence-corrected chi connectivity index (χ3v) is 4.74. The van der Waals surface area contributed by atoms with Crippen LogP contribution in [0.15, 0.2) is 0 Å². The molecule has 96 valence electrons. The fourth-order valence-electron chi connectivity index (χ4n) is 3.48. The normalized spacial score (nSPS) is 23.6. The molecular weight excluding hydrogens is 196 g/mol. The first-order valence-corrected chi connectivity index (χ1v) is 7.13. The first-order chi connectivity index (χ1) is 7.62. The summed E-state index contributed by atoms with van der Waals surface area (Å²) in [6, 6.07) is 0.347. The third kappa shape index (κ3) is 2.43. The fourth-order valence-corrected chi connectivity index (χ4v) is 3.48. The Morgan fingerprint density at radius 1 is 1.12 bits per heavy atom. The SMILES string of the molecule is CCC(C)C(N)C1(N(CC)CC)CCCC1. The van der Waals surface area contributed by atoms with Crippen LogP contribution in [0.4, 0.5) is 0 Å². The summed E-state index contributed by atoms with van der Waals surface area (Å²) in [5.74, 6) is 0.638. The third-order valence-electron chi connectivity index (χ3n) is 4.74. The maximum atomic E-state index is 6.58. The van der Waals surface area contributed by atoms with Gasteiger partial charge in [0.1, 0.15) is 0 Å². The predicted molar refractivity (Wildman–Crippen MR) is 71.6 cm³/mol. The molecule has 2 atom stereocenters. The summed E-state index contributed by atoms with van der Waals surface area (Å²) in [6.45, 7) is 11.4. The number of nitrogens with two attached hydrogens (primary N) is 1. The quantitative estimate of drug-likeness (QED) is 0.754. The molecule has 0 aliphatic heterocycles. The van der Waals surface area contributed by atoms with E-state index in [2.05, 4.69) is 32.6 Å². The van der Waals surface area contributed by atoms with Gasteiger partial charge in [0.05, 0.1) is 0 Å². The van der Waals surface area contributed by atoms with E-state index in [4.69, 9.17) is 5.73 Å². The number of hydrogen-bond acceptors (Lipinski definition) is 2. The van der Waals surface area contributed by atoms with Gasteiger partial charge in [-0.15, -0.1) is 0 Å². The van der Waals surface area contributed by atoms with Crippen LogP contribution in [-0.2, 0) is 0 Å². The van der Waals surface area contributed by atoms with E-state index < -0.39 is 0 Å². The van der Waals surface area contributed by atoms with Gasteiger partial charge in [-0.3, -0.25) is 4.90 Å². The van der Waals surface area contributed by atoms with Crippen molar-refractivity contribution in [1.29, 1.82) is 0 Å². The maximum Gasteiger partial charge on any atom is 0.0362 e. The summed E-state index contributed by atoms with van der Waals surface area (Å²) in [4.78, 5) is 2.62. The zero-order chi connectivity index (χ0) is 12.2. The first kappa shape index (κ1) is 14.0. The second-order valence-corrected chi connectivity index (χ2v) is 5.39. The van der Waals surface area contributed by atoms with Gasteiger partial charge in [-0.25, -0.2) is 0 Å². The molecule has 2 nitrogen and oxygen atoms in total. The van der Waals surface area contributed by atoms with Crippen LogP contribution < -0.4 is 5.73 Å². The largest absolute Gasteiger partial charge is 0.326 e. The molecule has 0 amide bonds. The minimum Gasteiger partial charge on any atom is -0.326 e. The van der Waals surface area contributed by atoms with Crippen molar-refractivity contribution < 1.29 is 0 Å². The molecule has 0 bridgehead atoms. The first-order valence-electron chi connectivity index (χ1n) is 7.13. The van der Waals surface area contributed by atoms with Gasteiger partial charge in [-0.05, 0) is 31.8 Å². The van der Waals surface area contributed by atoms with Crippen molar-refractivity contribution in [2.45, 2.75) is 71.4 Å². The van der Waals surface area contributed by atoms with E-state index in [0.29, 0.717) is 17.5 Å². The molecule has 0 aromatic heterocycles. The molecule has 1 aliphatic rings. The lowest BCUT2D eigenvalue weighted by atomic mass is 9.79. The lowest BCUT2D eigenvalue weighted by Gasteiger charge is -2.47. The summed E-state index contributed by atoms with van der Waals surface area (Å²) >= 11 is 0. The molecule has 0 heterocycles. The zero-order valence-corrected chi connectivity index (χ0v) is 11.6. The summed E-state index contributed by atoms with van der Waals surface area (Å²) in [5, 5.41) is 0. The van der Waals surface area contributed by atoms with Gasteiger partial charge in [0.15, 0.2) is 0 Å². The van der Waals surface area contributed by atoms with Gasteiger partial charge in [-0.2, -0.15) is 0 Å². The average Bonchev–Trinajstić information content (AvgIpc) is 2.79. The Balaban J connectivity index is 2.86. The minimum atomic E-state index is 0.304. The van der Waals surface area contributed by atoms with Crippen LogP contribution in [-0.4, -0.2) is 29.6 Å². The molecule has 0 spiro atoms. The van der Waals surface area contributed by atoms with Crippen molar-refractivity contribution in [3.05, 3.63) is 0 Å². The van der Waals surface area contributed by atoms with Crippen LogP contribution in [0.2, 0.25) is 0 Å². The molecule has 2 unspecified atom stereocenters. The van der Waals surface area contributed by atoms with E-state index in [1.54, 1.807) is 0 Å².